The van der Waals surface area contributed by atoms with Crippen LogP contribution in [0.15, 0.2) is 18.2 Å². The van der Waals surface area contributed by atoms with Crippen LogP contribution in [0.1, 0.15) is 19.3 Å². The fraction of sp³-hybridized carbons (Fsp3) is 0.500. The summed E-state index contributed by atoms with van der Waals surface area (Å²) in [5.41, 5.74) is 0. The van der Waals surface area contributed by atoms with Gasteiger partial charge in [-0.05, 0) is 38.1 Å². The molecule has 1 aliphatic rings. The highest BCUT2D eigenvalue weighted by Crippen LogP contribution is 2.17. The van der Waals surface area contributed by atoms with Gasteiger partial charge in [0.05, 0.1) is 6.61 Å². The van der Waals surface area contributed by atoms with Crippen molar-refractivity contribution < 1.29 is 18.3 Å². The number of piperidine rings is 1. The predicted molar refractivity (Wildman–Crippen MR) is 67.1 cm³/mol. The maximum absolute atomic E-state index is 12.9. The van der Waals surface area contributed by atoms with Gasteiger partial charge in [-0.3, -0.25) is 4.79 Å². The molecule has 0 bridgehead atoms. The number of ether oxygens (including phenoxy) is 1. The van der Waals surface area contributed by atoms with Crippen LogP contribution in [0.4, 0.5) is 8.78 Å². The molecule has 1 aromatic carbocycles. The van der Waals surface area contributed by atoms with Crippen molar-refractivity contribution in [3.63, 3.8) is 0 Å². The quantitative estimate of drug-likeness (QED) is 0.891. The molecule has 1 aromatic rings. The average Bonchev–Trinajstić information content (AvgIpc) is 2.43. The molecule has 19 heavy (non-hydrogen) atoms. The number of rotatable bonds is 5. The highest BCUT2D eigenvalue weighted by Gasteiger charge is 2.20. The summed E-state index contributed by atoms with van der Waals surface area (Å²) in [4.78, 5) is 11.9. The van der Waals surface area contributed by atoms with E-state index >= 15 is 0 Å². The lowest BCUT2D eigenvalue weighted by molar-refractivity contribution is -0.124. The Kier molecular flexibility index (Phi) is 4.85. The summed E-state index contributed by atoms with van der Waals surface area (Å²) in [7, 11) is 0. The number of Topliss-reactive ketones (excluding diaryl/α,β-unsaturated/α-hetero) is 1. The molecule has 0 radical (unpaired) electrons. The second-order valence-corrected chi connectivity index (χ2v) is 4.66. The lowest BCUT2D eigenvalue weighted by Gasteiger charge is -2.21. The van der Waals surface area contributed by atoms with Crippen molar-refractivity contribution >= 4 is 5.78 Å². The first-order valence-electron chi connectivity index (χ1n) is 6.48. The summed E-state index contributed by atoms with van der Waals surface area (Å²) < 4.78 is 30.9. The number of carbonyl (C=O) groups excluding carboxylic acids is 1. The van der Waals surface area contributed by atoms with E-state index < -0.39 is 11.6 Å². The zero-order valence-electron chi connectivity index (χ0n) is 10.6. The fourth-order valence-corrected chi connectivity index (χ4v) is 2.18. The van der Waals surface area contributed by atoms with Gasteiger partial charge >= 0.3 is 0 Å². The molecule has 0 spiro atoms. The van der Waals surface area contributed by atoms with Crippen LogP contribution in [-0.2, 0) is 4.79 Å². The van der Waals surface area contributed by atoms with Crippen LogP contribution in [0.25, 0.3) is 0 Å². The standard InChI is InChI=1S/C14H17F2NO2/c15-12-2-1-11(9-13(12)16)19-8-5-14(18)10-3-6-17-7-4-10/h1-2,9-10,17H,3-8H2. The van der Waals surface area contributed by atoms with Gasteiger partial charge < -0.3 is 10.1 Å². The van der Waals surface area contributed by atoms with Gasteiger partial charge in [-0.2, -0.15) is 0 Å². The Bertz CT molecular complexity index is 445. The summed E-state index contributed by atoms with van der Waals surface area (Å²) in [5.74, 6) is -1.31. The first kappa shape index (κ1) is 13.9. The third-order valence-electron chi connectivity index (χ3n) is 3.30. The van der Waals surface area contributed by atoms with Crippen LogP contribution in [0.3, 0.4) is 0 Å². The second-order valence-electron chi connectivity index (χ2n) is 4.66. The van der Waals surface area contributed by atoms with Gasteiger partial charge in [-0.1, -0.05) is 0 Å². The zero-order valence-corrected chi connectivity index (χ0v) is 10.6. The van der Waals surface area contributed by atoms with E-state index in [2.05, 4.69) is 5.32 Å². The van der Waals surface area contributed by atoms with Crippen molar-refractivity contribution in [1.29, 1.82) is 0 Å². The molecule has 0 saturated carbocycles. The van der Waals surface area contributed by atoms with Crippen LogP contribution < -0.4 is 10.1 Å². The summed E-state index contributed by atoms with van der Waals surface area (Å²) in [5, 5.41) is 3.20. The van der Waals surface area contributed by atoms with Gasteiger partial charge in [0, 0.05) is 18.4 Å². The van der Waals surface area contributed by atoms with Gasteiger partial charge in [-0.25, -0.2) is 8.78 Å². The third-order valence-corrected chi connectivity index (χ3v) is 3.30. The number of benzene rings is 1. The molecule has 5 heteroatoms. The summed E-state index contributed by atoms with van der Waals surface area (Å²) in [6.45, 7) is 1.95. The topological polar surface area (TPSA) is 38.3 Å². The number of nitrogens with one attached hydrogen (secondary N) is 1. The number of halogens is 2. The minimum absolute atomic E-state index is 0.106. The summed E-state index contributed by atoms with van der Waals surface area (Å²) >= 11 is 0. The van der Waals surface area contributed by atoms with Gasteiger partial charge in [0.25, 0.3) is 0 Å². The van der Waals surface area contributed by atoms with Gasteiger partial charge in [0.1, 0.15) is 11.5 Å². The fourth-order valence-electron chi connectivity index (χ4n) is 2.18. The van der Waals surface area contributed by atoms with Crippen molar-refractivity contribution in [2.24, 2.45) is 5.92 Å². The lowest BCUT2D eigenvalue weighted by Crippen LogP contribution is -2.32. The van der Waals surface area contributed by atoms with E-state index in [1.54, 1.807) is 0 Å². The minimum atomic E-state index is -0.942. The van der Waals surface area contributed by atoms with Crippen molar-refractivity contribution in [3.8, 4) is 5.75 Å². The Morgan fingerprint density at radius 3 is 2.68 bits per heavy atom. The van der Waals surface area contributed by atoms with Crippen molar-refractivity contribution in [2.45, 2.75) is 19.3 Å². The highest BCUT2D eigenvalue weighted by atomic mass is 19.2. The minimum Gasteiger partial charge on any atom is -0.493 e. The molecule has 0 unspecified atom stereocenters. The first-order chi connectivity index (χ1) is 9.16. The van der Waals surface area contributed by atoms with Crippen LogP contribution >= 0.6 is 0 Å². The molecule has 2 rings (SSSR count). The smallest absolute Gasteiger partial charge is 0.162 e. The first-order valence-corrected chi connectivity index (χ1v) is 6.48. The summed E-state index contributed by atoms with van der Waals surface area (Å²) in [6, 6.07) is 3.36. The molecule has 3 nitrogen and oxygen atoms in total. The average molecular weight is 269 g/mol. The Balaban J connectivity index is 1.76. The molecule has 1 aliphatic heterocycles. The molecular formula is C14H17F2NO2. The summed E-state index contributed by atoms with van der Waals surface area (Å²) in [6.07, 6.45) is 2.04. The predicted octanol–water partition coefficient (Wildman–Crippen LogP) is 2.30. The molecule has 1 saturated heterocycles. The van der Waals surface area contributed by atoms with Crippen LogP contribution in [0, 0.1) is 17.6 Å². The van der Waals surface area contributed by atoms with E-state index in [4.69, 9.17) is 4.74 Å². The molecule has 1 N–H and O–H groups in total. The van der Waals surface area contributed by atoms with E-state index in [9.17, 15) is 13.6 Å². The maximum Gasteiger partial charge on any atom is 0.162 e. The van der Waals surface area contributed by atoms with E-state index in [1.807, 2.05) is 0 Å². The van der Waals surface area contributed by atoms with Crippen LogP contribution in [0.2, 0.25) is 0 Å². The molecule has 104 valence electrons. The van der Waals surface area contributed by atoms with Crippen molar-refractivity contribution in [3.05, 3.63) is 29.8 Å². The van der Waals surface area contributed by atoms with Gasteiger partial charge in [-0.15, -0.1) is 0 Å². The van der Waals surface area contributed by atoms with E-state index in [1.165, 1.54) is 6.07 Å². The highest BCUT2D eigenvalue weighted by molar-refractivity contribution is 5.81. The normalized spacial score (nSPS) is 16.3. The van der Waals surface area contributed by atoms with E-state index in [-0.39, 0.29) is 24.1 Å². The van der Waals surface area contributed by atoms with Crippen molar-refractivity contribution in [1.82, 2.24) is 5.32 Å². The Morgan fingerprint density at radius 2 is 2.00 bits per heavy atom. The molecule has 0 aliphatic carbocycles. The van der Waals surface area contributed by atoms with E-state index in [0.717, 1.165) is 38.1 Å². The SMILES string of the molecule is O=C(CCOc1ccc(F)c(F)c1)C1CCNCC1. The Hall–Kier alpha value is -1.49. The molecular weight excluding hydrogens is 252 g/mol. The van der Waals surface area contributed by atoms with Crippen LogP contribution in [-0.4, -0.2) is 25.5 Å². The third kappa shape index (κ3) is 3.99. The Labute approximate surface area is 111 Å². The number of hydrogen-bond donors (Lipinski definition) is 1. The van der Waals surface area contributed by atoms with Crippen LogP contribution in [0.5, 0.6) is 5.75 Å². The number of ketones is 1. The maximum atomic E-state index is 12.9. The van der Waals surface area contributed by atoms with Crippen molar-refractivity contribution in [2.75, 3.05) is 19.7 Å². The number of carbonyl (C=O) groups is 1. The van der Waals surface area contributed by atoms with Gasteiger partial charge in [0.2, 0.25) is 0 Å². The zero-order chi connectivity index (χ0) is 13.7. The molecule has 1 heterocycles. The molecule has 0 atom stereocenters. The number of hydrogen-bond acceptors (Lipinski definition) is 3. The second kappa shape index (κ2) is 6.61. The van der Waals surface area contributed by atoms with E-state index in [0.29, 0.717) is 6.42 Å². The molecule has 0 amide bonds. The molecule has 1 fully saturated rings. The Morgan fingerprint density at radius 1 is 1.26 bits per heavy atom. The monoisotopic (exact) mass is 269 g/mol. The van der Waals surface area contributed by atoms with Gasteiger partial charge in [0.15, 0.2) is 11.6 Å². The largest absolute Gasteiger partial charge is 0.493 e. The lowest BCUT2D eigenvalue weighted by atomic mass is 9.92. The molecule has 0 aromatic heterocycles.